The Bertz CT molecular complexity index is 272. The standard InChI is InChI=1S/C16H32N2O2/c1-3-14-4-6-16(19,7-5-14)12-18-13(2)10-15-11-20-9-8-17-15/h13-15,17-19H,3-12H2,1-2H3. The third-order valence-corrected chi connectivity index (χ3v) is 5.03. The van der Waals surface area contributed by atoms with Crippen molar-refractivity contribution in [3.63, 3.8) is 0 Å². The van der Waals surface area contributed by atoms with Crippen molar-refractivity contribution in [1.82, 2.24) is 10.6 Å². The molecule has 0 radical (unpaired) electrons. The van der Waals surface area contributed by atoms with Gasteiger partial charge in [-0.3, -0.25) is 0 Å². The Hall–Kier alpha value is -0.160. The minimum Gasteiger partial charge on any atom is -0.389 e. The van der Waals surface area contributed by atoms with E-state index < -0.39 is 5.60 Å². The summed E-state index contributed by atoms with van der Waals surface area (Å²) >= 11 is 0. The summed E-state index contributed by atoms with van der Waals surface area (Å²) in [6.45, 7) is 7.80. The van der Waals surface area contributed by atoms with E-state index in [1.807, 2.05) is 0 Å². The summed E-state index contributed by atoms with van der Waals surface area (Å²) in [4.78, 5) is 0. The highest BCUT2D eigenvalue weighted by Crippen LogP contribution is 2.33. The lowest BCUT2D eigenvalue weighted by Crippen LogP contribution is -2.49. The molecule has 118 valence electrons. The predicted molar refractivity (Wildman–Crippen MR) is 81.9 cm³/mol. The molecule has 0 spiro atoms. The largest absolute Gasteiger partial charge is 0.389 e. The average molecular weight is 284 g/mol. The van der Waals surface area contributed by atoms with Crippen molar-refractivity contribution in [3.8, 4) is 0 Å². The smallest absolute Gasteiger partial charge is 0.0771 e. The van der Waals surface area contributed by atoms with E-state index in [0.29, 0.717) is 12.1 Å². The van der Waals surface area contributed by atoms with Crippen LogP contribution in [-0.2, 0) is 4.74 Å². The average Bonchev–Trinajstić information content (AvgIpc) is 2.47. The molecule has 0 aromatic heterocycles. The first kappa shape index (κ1) is 16.2. The zero-order chi connectivity index (χ0) is 14.4. The molecule has 1 heterocycles. The summed E-state index contributed by atoms with van der Waals surface area (Å²) in [6, 6.07) is 0.874. The van der Waals surface area contributed by atoms with Crippen LogP contribution in [0, 0.1) is 5.92 Å². The molecule has 1 saturated heterocycles. The number of rotatable bonds is 6. The SMILES string of the molecule is CCC1CCC(O)(CNC(C)CC2COCCN2)CC1. The molecular weight excluding hydrogens is 252 g/mol. The first-order chi connectivity index (χ1) is 9.61. The molecule has 0 bridgehead atoms. The highest BCUT2D eigenvalue weighted by molar-refractivity contribution is 4.88. The summed E-state index contributed by atoms with van der Waals surface area (Å²) in [7, 11) is 0. The van der Waals surface area contributed by atoms with Gasteiger partial charge in [0.2, 0.25) is 0 Å². The monoisotopic (exact) mass is 284 g/mol. The van der Waals surface area contributed by atoms with Gasteiger partial charge in [-0.05, 0) is 44.9 Å². The molecule has 2 aliphatic rings. The van der Waals surface area contributed by atoms with Crippen molar-refractivity contribution < 1.29 is 9.84 Å². The van der Waals surface area contributed by atoms with Crippen LogP contribution in [0.15, 0.2) is 0 Å². The van der Waals surface area contributed by atoms with Gasteiger partial charge >= 0.3 is 0 Å². The van der Waals surface area contributed by atoms with Gasteiger partial charge in [0.05, 0.1) is 18.8 Å². The maximum absolute atomic E-state index is 10.6. The summed E-state index contributed by atoms with van der Waals surface area (Å²) in [5, 5.41) is 17.6. The van der Waals surface area contributed by atoms with E-state index in [2.05, 4.69) is 24.5 Å². The quantitative estimate of drug-likeness (QED) is 0.694. The normalized spacial score (nSPS) is 36.8. The second-order valence-corrected chi connectivity index (χ2v) is 6.82. The molecule has 2 atom stereocenters. The molecule has 2 fully saturated rings. The molecule has 0 aromatic carbocycles. The number of morpholine rings is 1. The predicted octanol–water partition coefficient (Wildman–Crippen LogP) is 1.67. The van der Waals surface area contributed by atoms with Gasteiger partial charge in [0.25, 0.3) is 0 Å². The van der Waals surface area contributed by atoms with E-state index >= 15 is 0 Å². The molecule has 4 nitrogen and oxygen atoms in total. The van der Waals surface area contributed by atoms with Gasteiger partial charge in [0.15, 0.2) is 0 Å². The van der Waals surface area contributed by atoms with Gasteiger partial charge in [-0.25, -0.2) is 0 Å². The van der Waals surface area contributed by atoms with E-state index in [-0.39, 0.29) is 0 Å². The number of ether oxygens (including phenoxy) is 1. The van der Waals surface area contributed by atoms with Crippen LogP contribution in [0.5, 0.6) is 0 Å². The molecule has 2 rings (SSSR count). The van der Waals surface area contributed by atoms with Crippen LogP contribution in [-0.4, -0.2) is 49.1 Å². The van der Waals surface area contributed by atoms with E-state index in [1.54, 1.807) is 0 Å². The van der Waals surface area contributed by atoms with Crippen molar-refractivity contribution in [1.29, 1.82) is 0 Å². The minimum absolute atomic E-state index is 0.419. The number of hydrogen-bond acceptors (Lipinski definition) is 4. The highest BCUT2D eigenvalue weighted by Gasteiger charge is 2.32. The van der Waals surface area contributed by atoms with E-state index in [9.17, 15) is 5.11 Å². The Labute approximate surface area is 123 Å². The van der Waals surface area contributed by atoms with Crippen LogP contribution in [0.3, 0.4) is 0 Å². The molecule has 1 aliphatic heterocycles. The Balaban J connectivity index is 1.65. The van der Waals surface area contributed by atoms with Crippen LogP contribution in [0.2, 0.25) is 0 Å². The lowest BCUT2D eigenvalue weighted by molar-refractivity contribution is -0.0112. The second kappa shape index (κ2) is 7.74. The van der Waals surface area contributed by atoms with Crippen molar-refractivity contribution >= 4 is 0 Å². The molecule has 1 saturated carbocycles. The van der Waals surface area contributed by atoms with Gasteiger partial charge in [-0.1, -0.05) is 13.3 Å². The molecule has 3 N–H and O–H groups in total. The first-order valence-corrected chi connectivity index (χ1v) is 8.38. The molecule has 2 unspecified atom stereocenters. The summed E-state index contributed by atoms with van der Waals surface area (Å²) < 4.78 is 5.48. The van der Waals surface area contributed by atoms with E-state index in [0.717, 1.165) is 51.5 Å². The summed E-state index contributed by atoms with van der Waals surface area (Å²) in [5.74, 6) is 0.830. The Morgan fingerprint density at radius 3 is 2.75 bits per heavy atom. The fraction of sp³-hybridized carbons (Fsp3) is 1.00. The van der Waals surface area contributed by atoms with Gasteiger partial charge in [-0.2, -0.15) is 0 Å². The van der Waals surface area contributed by atoms with Gasteiger partial charge < -0.3 is 20.5 Å². The molecule has 20 heavy (non-hydrogen) atoms. The molecule has 4 heteroatoms. The minimum atomic E-state index is -0.476. The number of nitrogens with one attached hydrogen (secondary N) is 2. The zero-order valence-corrected chi connectivity index (χ0v) is 13.2. The van der Waals surface area contributed by atoms with Crippen LogP contribution in [0.1, 0.15) is 52.4 Å². The van der Waals surface area contributed by atoms with Gasteiger partial charge in [0, 0.05) is 25.2 Å². The molecule has 0 amide bonds. The van der Waals surface area contributed by atoms with Crippen LogP contribution in [0.25, 0.3) is 0 Å². The fourth-order valence-electron chi connectivity index (χ4n) is 3.45. The van der Waals surface area contributed by atoms with E-state index in [4.69, 9.17) is 4.74 Å². The third-order valence-electron chi connectivity index (χ3n) is 5.03. The van der Waals surface area contributed by atoms with Crippen molar-refractivity contribution in [2.45, 2.75) is 70.1 Å². The van der Waals surface area contributed by atoms with Crippen LogP contribution >= 0.6 is 0 Å². The van der Waals surface area contributed by atoms with Crippen molar-refractivity contribution in [2.24, 2.45) is 5.92 Å². The van der Waals surface area contributed by atoms with Crippen molar-refractivity contribution in [3.05, 3.63) is 0 Å². The lowest BCUT2D eigenvalue weighted by atomic mass is 9.78. The Morgan fingerprint density at radius 1 is 1.40 bits per heavy atom. The third kappa shape index (κ3) is 4.99. The maximum Gasteiger partial charge on any atom is 0.0771 e. The second-order valence-electron chi connectivity index (χ2n) is 6.82. The number of hydrogen-bond donors (Lipinski definition) is 3. The van der Waals surface area contributed by atoms with E-state index in [1.165, 1.54) is 19.3 Å². The molecule has 1 aliphatic carbocycles. The Morgan fingerprint density at radius 2 is 2.15 bits per heavy atom. The molecular formula is C16H32N2O2. The lowest BCUT2D eigenvalue weighted by Gasteiger charge is -2.37. The van der Waals surface area contributed by atoms with Crippen LogP contribution < -0.4 is 10.6 Å². The van der Waals surface area contributed by atoms with Crippen LogP contribution in [0.4, 0.5) is 0 Å². The maximum atomic E-state index is 10.6. The van der Waals surface area contributed by atoms with Gasteiger partial charge in [0.1, 0.15) is 0 Å². The number of aliphatic hydroxyl groups is 1. The summed E-state index contributed by atoms with van der Waals surface area (Å²) in [5.41, 5.74) is -0.476. The fourth-order valence-corrected chi connectivity index (χ4v) is 3.45. The summed E-state index contributed by atoms with van der Waals surface area (Å²) in [6.07, 6.45) is 6.59. The zero-order valence-electron chi connectivity index (χ0n) is 13.2. The molecule has 0 aromatic rings. The Kier molecular flexibility index (Phi) is 6.27. The first-order valence-electron chi connectivity index (χ1n) is 8.38. The topological polar surface area (TPSA) is 53.5 Å². The van der Waals surface area contributed by atoms with Gasteiger partial charge in [-0.15, -0.1) is 0 Å². The van der Waals surface area contributed by atoms with Crippen molar-refractivity contribution in [2.75, 3.05) is 26.3 Å². The highest BCUT2D eigenvalue weighted by atomic mass is 16.5.